The van der Waals surface area contributed by atoms with Crippen LogP contribution < -0.4 is 0 Å². The molecule has 0 spiro atoms. The van der Waals surface area contributed by atoms with Gasteiger partial charge in [0, 0.05) is 24.9 Å². The van der Waals surface area contributed by atoms with E-state index in [9.17, 15) is 24.6 Å². The Bertz CT molecular complexity index is 717. The van der Waals surface area contributed by atoms with Gasteiger partial charge in [-0.05, 0) is 33.1 Å². The van der Waals surface area contributed by atoms with Crippen molar-refractivity contribution in [2.24, 2.45) is 17.8 Å². The number of Topliss-reactive ketones (excluding diaryl/α,β-unsaturated/α-hetero) is 2. The number of ether oxygens (including phenoxy) is 2. The zero-order chi connectivity index (χ0) is 25.1. The molecule has 0 aromatic carbocycles. The predicted molar refractivity (Wildman–Crippen MR) is 118 cm³/mol. The van der Waals surface area contributed by atoms with E-state index in [1.807, 2.05) is 0 Å². The Morgan fingerprint density at radius 1 is 1.19 bits per heavy atom. The van der Waals surface area contributed by atoms with Crippen LogP contribution in [0.4, 0.5) is 4.39 Å². The number of carbonyl (C=O) groups excluding carboxylic acids is 3. The van der Waals surface area contributed by atoms with Crippen molar-refractivity contribution in [1.29, 1.82) is 0 Å². The normalized spacial score (nSPS) is 43.2. The Labute approximate surface area is 190 Å². The van der Waals surface area contributed by atoms with E-state index >= 15 is 4.39 Å². The van der Waals surface area contributed by atoms with Crippen LogP contribution in [0.15, 0.2) is 12.7 Å². The number of hydrogen-bond acceptors (Lipinski definition) is 7. The number of halogens is 1. The van der Waals surface area contributed by atoms with Crippen molar-refractivity contribution in [3.63, 3.8) is 0 Å². The highest BCUT2D eigenvalue weighted by atomic mass is 19.1. The molecule has 1 aliphatic heterocycles. The summed E-state index contributed by atoms with van der Waals surface area (Å²) in [6.07, 6.45) is -1.76. The fourth-order valence-corrected chi connectivity index (χ4v) is 4.72. The van der Waals surface area contributed by atoms with Crippen molar-refractivity contribution in [3.8, 4) is 0 Å². The third kappa shape index (κ3) is 6.02. The number of rotatable bonds is 3. The number of esters is 1. The lowest BCUT2D eigenvalue weighted by atomic mass is 9.75. The van der Waals surface area contributed by atoms with E-state index < -0.39 is 65.0 Å². The number of hydrogen-bond donors (Lipinski definition) is 2. The second-order valence-corrected chi connectivity index (χ2v) is 9.67. The number of cyclic esters (lactones) is 1. The van der Waals surface area contributed by atoms with Gasteiger partial charge < -0.3 is 19.7 Å². The van der Waals surface area contributed by atoms with Gasteiger partial charge in [-0.15, -0.1) is 6.58 Å². The molecule has 1 saturated heterocycles. The Kier molecular flexibility index (Phi) is 9.34. The van der Waals surface area contributed by atoms with E-state index in [0.29, 0.717) is 0 Å². The summed E-state index contributed by atoms with van der Waals surface area (Å²) in [7, 11) is 1.42. The van der Waals surface area contributed by atoms with E-state index in [2.05, 4.69) is 6.58 Å². The summed E-state index contributed by atoms with van der Waals surface area (Å²) >= 11 is 0. The lowest BCUT2D eigenvalue weighted by Crippen LogP contribution is -2.55. The Hall–Kier alpha value is -1.64. The van der Waals surface area contributed by atoms with E-state index in [-0.39, 0.29) is 25.0 Å². The first kappa shape index (κ1) is 28.4. The summed E-state index contributed by atoms with van der Waals surface area (Å²) in [5.74, 6) is -4.58. The van der Waals surface area contributed by atoms with Gasteiger partial charge in [0.05, 0.1) is 18.1 Å². The maximum Gasteiger partial charge on any atom is 0.309 e. The van der Waals surface area contributed by atoms with E-state index in [1.165, 1.54) is 27.0 Å². The standard InChI is InChI=1S/C24H39FO7/c1-9-17-23(7,30)21(29)16(5)19(27)14(3)11-24(10-2,31-8)12-15(4)20(28)22(6,25)13-18(26)32-17/h10,14-17,21,29-30H,2,9,11-13H2,1,3-8H3/t14-,15-,16+,17-,21-,22-,23-,24-/m1/s1. The van der Waals surface area contributed by atoms with Crippen LogP contribution in [0.2, 0.25) is 0 Å². The van der Waals surface area contributed by atoms with E-state index in [1.54, 1.807) is 20.8 Å². The molecule has 0 aliphatic carbocycles. The first-order chi connectivity index (χ1) is 14.6. The van der Waals surface area contributed by atoms with Gasteiger partial charge in [-0.2, -0.15) is 0 Å². The van der Waals surface area contributed by atoms with Crippen LogP contribution in [-0.2, 0) is 23.9 Å². The molecule has 0 bridgehead atoms. The van der Waals surface area contributed by atoms with Crippen LogP contribution in [0.1, 0.15) is 67.2 Å². The smallest absolute Gasteiger partial charge is 0.309 e. The van der Waals surface area contributed by atoms with Gasteiger partial charge in [0.25, 0.3) is 0 Å². The van der Waals surface area contributed by atoms with Gasteiger partial charge in [0.1, 0.15) is 17.5 Å². The molecule has 8 atom stereocenters. The molecular formula is C24H39FO7. The Morgan fingerprint density at radius 3 is 2.19 bits per heavy atom. The number of aliphatic hydroxyl groups is 2. The third-order valence-corrected chi connectivity index (χ3v) is 6.82. The average molecular weight is 459 g/mol. The minimum absolute atomic E-state index is 0.0598. The van der Waals surface area contributed by atoms with Gasteiger partial charge >= 0.3 is 5.97 Å². The molecule has 1 fully saturated rings. The number of alkyl halides is 1. The molecule has 0 saturated carbocycles. The second kappa shape index (κ2) is 10.5. The largest absolute Gasteiger partial charge is 0.459 e. The molecule has 8 heteroatoms. The zero-order valence-corrected chi connectivity index (χ0v) is 20.3. The molecule has 1 aliphatic rings. The third-order valence-electron chi connectivity index (χ3n) is 6.82. The average Bonchev–Trinajstić information content (AvgIpc) is 2.73. The molecule has 184 valence electrons. The topological polar surface area (TPSA) is 110 Å². The molecule has 0 amide bonds. The van der Waals surface area contributed by atoms with Crippen molar-refractivity contribution in [3.05, 3.63) is 12.7 Å². The van der Waals surface area contributed by atoms with Crippen LogP contribution in [0.5, 0.6) is 0 Å². The summed E-state index contributed by atoms with van der Waals surface area (Å²) in [6, 6.07) is 0. The number of carbonyl (C=O) groups is 3. The van der Waals surface area contributed by atoms with Crippen LogP contribution in [0.25, 0.3) is 0 Å². The number of aliphatic hydroxyl groups excluding tert-OH is 1. The lowest BCUT2D eigenvalue weighted by molar-refractivity contribution is -0.188. The highest BCUT2D eigenvalue weighted by molar-refractivity contribution is 5.92. The lowest BCUT2D eigenvalue weighted by Gasteiger charge is -2.39. The Morgan fingerprint density at radius 2 is 1.72 bits per heavy atom. The van der Waals surface area contributed by atoms with Crippen molar-refractivity contribution < 1.29 is 38.5 Å². The predicted octanol–water partition coefficient (Wildman–Crippen LogP) is 2.95. The summed E-state index contributed by atoms with van der Waals surface area (Å²) in [4.78, 5) is 38.5. The van der Waals surface area contributed by atoms with Gasteiger partial charge in [-0.3, -0.25) is 14.4 Å². The molecule has 1 rings (SSSR count). The summed E-state index contributed by atoms with van der Waals surface area (Å²) in [5.41, 5.74) is -5.57. The maximum atomic E-state index is 15.3. The number of methoxy groups -OCH3 is 1. The van der Waals surface area contributed by atoms with Gasteiger partial charge in [-0.1, -0.05) is 33.8 Å². The molecule has 0 unspecified atom stereocenters. The van der Waals surface area contributed by atoms with Crippen LogP contribution in [-0.4, -0.2) is 63.9 Å². The first-order valence-electron chi connectivity index (χ1n) is 11.1. The SMILES string of the molecule is C=C[C@@]1(OC)C[C@@H](C)C(=O)[C@H](C)[C@@H](O)[C@](C)(O)[C@@H](CC)OC(=O)C[C@@](C)(F)C(=O)[C@H](C)C1. The van der Waals surface area contributed by atoms with Gasteiger partial charge in [0.2, 0.25) is 0 Å². The molecule has 0 aromatic rings. The molecule has 0 radical (unpaired) electrons. The van der Waals surface area contributed by atoms with Crippen LogP contribution in [0.3, 0.4) is 0 Å². The molecule has 2 N–H and O–H groups in total. The summed E-state index contributed by atoms with van der Waals surface area (Å²) in [6.45, 7) is 12.4. The fourth-order valence-electron chi connectivity index (χ4n) is 4.72. The molecular weight excluding hydrogens is 419 g/mol. The monoisotopic (exact) mass is 458 g/mol. The van der Waals surface area contributed by atoms with E-state index in [4.69, 9.17) is 9.47 Å². The zero-order valence-electron chi connectivity index (χ0n) is 20.3. The Balaban J connectivity index is 3.52. The first-order valence-corrected chi connectivity index (χ1v) is 11.1. The van der Waals surface area contributed by atoms with Crippen molar-refractivity contribution >= 4 is 17.5 Å². The quantitative estimate of drug-likeness (QED) is 0.494. The van der Waals surface area contributed by atoms with Crippen molar-refractivity contribution in [2.75, 3.05) is 7.11 Å². The maximum absolute atomic E-state index is 15.3. The summed E-state index contributed by atoms with van der Waals surface area (Å²) in [5, 5.41) is 21.8. The highest BCUT2D eigenvalue weighted by Crippen LogP contribution is 2.36. The summed E-state index contributed by atoms with van der Waals surface area (Å²) < 4.78 is 26.2. The minimum atomic E-state index is -2.51. The molecule has 32 heavy (non-hydrogen) atoms. The fraction of sp³-hybridized carbons (Fsp3) is 0.792. The number of ketones is 2. The van der Waals surface area contributed by atoms with Crippen LogP contribution >= 0.6 is 0 Å². The van der Waals surface area contributed by atoms with E-state index in [0.717, 1.165) is 6.92 Å². The molecule has 1 heterocycles. The van der Waals surface area contributed by atoms with Crippen molar-refractivity contribution in [2.45, 2.75) is 96.3 Å². The second-order valence-electron chi connectivity index (χ2n) is 9.67. The minimum Gasteiger partial charge on any atom is -0.459 e. The molecule has 0 aromatic heterocycles. The van der Waals surface area contributed by atoms with Gasteiger partial charge in [-0.25, -0.2) is 4.39 Å². The van der Waals surface area contributed by atoms with Gasteiger partial charge in [0.15, 0.2) is 11.5 Å². The van der Waals surface area contributed by atoms with Crippen molar-refractivity contribution in [1.82, 2.24) is 0 Å². The highest BCUT2D eigenvalue weighted by Gasteiger charge is 2.48. The molecule has 7 nitrogen and oxygen atoms in total. The van der Waals surface area contributed by atoms with Crippen LogP contribution in [0, 0.1) is 17.8 Å².